The van der Waals surface area contributed by atoms with Gasteiger partial charge in [-0.05, 0) is 43.9 Å². The molecule has 0 radical (unpaired) electrons. The van der Waals surface area contributed by atoms with E-state index < -0.39 is 21.2 Å². The molecule has 0 bridgehead atoms. The number of nitrogens with zero attached hydrogens (tertiary/aromatic N) is 5. The lowest BCUT2D eigenvalue weighted by Crippen LogP contribution is -2.31. The van der Waals surface area contributed by atoms with Crippen LogP contribution < -0.4 is 14.2 Å². The number of benzene rings is 1. The lowest BCUT2D eigenvalue weighted by molar-refractivity contribution is 0.0858. The van der Waals surface area contributed by atoms with Crippen molar-refractivity contribution < 1.29 is 22.6 Å². The second kappa shape index (κ2) is 10.4. The monoisotopic (exact) mass is 516 g/mol. The Morgan fingerprint density at radius 3 is 2.31 bits per heavy atom. The second-order valence-corrected chi connectivity index (χ2v) is 11.1. The standard InChI is InChI=1S/C24H32N6O5S/c1-14-12-25-22(26-13-14)16(3)17(4)36(31,32)29-24-28-27-23(21-15(2)10-11-35-21)30(24)20-18(33-5)8-7-9-19(20)34-6/h7-9,12-13,15-17,21H,10-11H2,1-6H3,(H,28,29)/t15-,16?,17?,21+/m0/s1. The molecule has 1 fully saturated rings. The smallest absolute Gasteiger partial charge is 0.243 e. The molecule has 11 nitrogen and oxygen atoms in total. The van der Waals surface area contributed by atoms with Crippen LogP contribution in [0.2, 0.25) is 0 Å². The average molecular weight is 517 g/mol. The molecule has 3 aromatic rings. The summed E-state index contributed by atoms with van der Waals surface area (Å²) in [5.74, 6) is 1.54. The molecule has 4 atom stereocenters. The van der Waals surface area contributed by atoms with E-state index in [-0.39, 0.29) is 18.0 Å². The molecule has 2 aromatic heterocycles. The summed E-state index contributed by atoms with van der Waals surface area (Å²) in [6, 6.07) is 5.31. The first kappa shape index (κ1) is 25.8. The number of para-hydroxylation sites is 1. The first-order valence-electron chi connectivity index (χ1n) is 11.8. The highest BCUT2D eigenvalue weighted by molar-refractivity contribution is 7.93. The Hall–Kier alpha value is -3.25. The summed E-state index contributed by atoms with van der Waals surface area (Å²) in [6.07, 6.45) is 3.83. The molecule has 194 valence electrons. The van der Waals surface area contributed by atoms with Gasteiger partial charge in [-0.3, -0.25) is 9.29 Å². The average Bonchev–Trinajstić information content (AvgIpc) is 3.47. The van der Waals surface area contributed by atoms with E-state index in [0.29, 0.717) is 35.4 Å². The van der Waals surface area contributed by atoms with Crippen LogP contribution in [0.1, 0.15) is 56.4 Å². The van der Waals surface area contributed by atoms with Crippen molar-refractivity contribution in [2.24, 2.45) is 5.92 Å². The zero-order chi connectivity index (χ0) is 26.0. The topological polar surface area (TPSA) is 130 Å². The molecule has 12 heteroatoms. The first-order chi connectivity index (χ1) is 17.2. The largest absolute Gasteiger partial charge is 0.494 e. The SMILES string of the molecule is COc1cccc(OC)c1-n1c(NS(=O)(=O)C(C)C(C)c2ncc(C)cn2)nnc1[C@@H]1OCC[C@@H]1C. The van der Waals surface area contributed by atoms with Gasteiger partial charge in [-0.1, -0.05) is 19.9 Å². The third-order valence-corrected chi connectivity index (χ3v) is 8.44. The van der Waals surface area contributed by atoms with Crippen molar-refractivity contribution in [3.05, 3.63) is 47.8 Å². The highest BCUT2D eigenvalue weighted by Gasteiger charge is 2.36. The van der Waals surface area contributed by atoms with Crippen LogP contribution in [-0.4, -0.2) is 59.2 Å². The van der Waals surface area contributed by atoms with Crippen molar-refractivity contribution in [3.8, 4) is 17.2 Å². The number of nitrogens with one attached hydrogen (secondary N) is 1. The third kappa shape index (κ3) is 4.87. The lowest BCUT2D eigenvalue weighted by Gasteiger charge is -2.22. The van der Waals surface area contributed by atoms with Crippen LogP contribution in [0.5, 0.6) is 11.5 Å². The highest BCUT2D eigenvalue weighted by atomic mass is 32.2. The molecular weight excluding hydrogens is 484 g/mol. The number of hydrogen-bond acceptors (Lipinski definition) is 9. The number of rotatable bonds is 9. The Morgan fingerprint density at radius 1 is 1.11 bits per heavy atom. The van der Waals surface area contributed by atoms with Gasteiger partial charge in [-0.2, -0.15) is 0 Å². The Bertz CT molecular complexity index is 1290. The summed E-state index contributed by atoms with van der Waals surface area (Å²) < 4.78 is 48.5. The quantitative estimate of drug-likeness (QED) is 0.454. The lowest BCUT2D eigenvalue weighted by atomic mass is 10.0. The first-order valence-corrected chi connectivity index (χ1v) is 13.3. The highest BCUT2D eigenvalue weighted by Crippen LogP contribution is 2.40. The maximum absolute atomic E-state index is 13.5. The van der Waals surface area contributed by atoms with E-state index in [1.807, 2.05) is 6.92 Å². The van der Waals surface area contributed by atoms with Crippen LogP contribution in [0.15, 0.2) is 30.6 Å². The Balaban J connectivity index is 1.78. The minimum Gasteiger partial charge on any atom is -0.494 e. The van der Waals surface area contributed by atoms with E-state index in [9.17, 15) is 8.42 Å². The van der Waals surface area contributed by atoms with Gasteiger partial charge < -0.3 is 14.2 Å². The zero-order valence-corrected chi connectivity index (χ0v) is 22.1. The molecule has 0 aliphatic carbocycles. The zero-order valence-electron chi connectivity index (χ0n) is 21.3. The van der Waals surface area contributed by atoms with Crippen molar-refractivity contribution in [3.63, 3.8) is 0 Å². The fourth-order valence-corrected chi connectivity index (χ4v) is 5.41. The van der Waals surface area contributed by atoms with Crippen molar-refractivity contribution >= 4 is 16.0 Å². The Kier molecular flexibility index (Phi) is 7.46. The van der Waals surface area contributed by atoms with Crippen LogP contribution >= 0.6 is 0 Å². The molecule has 4 rings (SSSR count). The molecule has 0 saturated carbocycles. The third-order valence-electron chi connectivity index (χ3n) is 6.59. The normalized spacial score (nSPS) is 19.6. The number of sulfonamides is 1. The van der Waals surface area contributed by atoms with Gasteiger partial charge in [-0.25, -0.2) is 18.4 Å². The van der Waals surface area contributed by atoms with Crippen LogP contribution in [0.4, 0.5) is 5.95 Å². The van der Waals surface area contributed by atoms with E-state index in [4.69, 9.17) is 14.2 Å². The number of aromatic nitrogens is 5. The van der Waals surface area contributed by atoms with E-state index in [1.165, 1.54) is 14.2 Å². The summed E-state index contributed by atoms with van der Waals surface area (Å²) >= 11 is 0. The van der Waals surface area contributed by atoms with E-state index in [0.717, 1.165) is 12.0 Å². The second-order valence-electron chi connectivity index (χ2n) is 9.05. The summed E-state index contributed by atoms with van der Waals surface area (Å²) in [6.45, 7) is 7.91. The maximum atomic E-state index is 13.5. The molecule has 0 amide bonds. The number of methoxy groups -OCH3 is 2. The van der Waals surface area contributed by atoms with Gasteiger partial charge in [0.2, 0.25) is 16.0 Å². The predicted octanol–water partition coefficient (Wildman–Crippen LogP) is 3.41. The summed E-state index contributed by atoms with van der Waals surface area (Å²) in [5, 5.41) is 7.73. The van der Waals surface area contributed by atoms with Gasteiger partial charge in [0.1, 0.15) is 29.1 Å². The fourth-order valence-electron chi connectivity index (χ4n) is 4.18. The van der Waals surface area contributed by atoms with E-state index in [2.05, 4.69) is 31.8 Å². The van der Waals surface area contributed by atoms with E-state index >= 15 is 0 Å². The number of hydrogen-bond donors (Lipinski definition) is 1. The number of aryl methyl sites for hydroxylation is 1. The fraction of sp³-hybridized carbons (Fsp3) is 0.500. The van der Waals surface area contributed by atoms with Crippen molar-refractivity contribution in [2.75, 3.05) is 25.5 Å². The Morgan fingerprint density at radius 2 is 1.75 bits per heavy atom. The molecule has 1 aliphatic rings. The summed E-state index contributed by atoms with van der Waals surface area (Å²) in [5.41, 5.74) is 1.37. The van der Waals surface area contributed by atoms with Crippen molar-refractivity contribution in [2.45, 2.75) is 51.4 Å². The number of anilines is 1. The molecule has 2 unspecified atom stereocenters. The van der Waals surface area contributed by atoms with Gasteiger partial charge in [0.25, 0.3) is 0 Å². The van der Waals surface area contributed by atoms with Crippen LogP contribution in [0.3, 0.4) is 0 Å². The van der Waals surface area contributed by atoms with Gasteiger partial charge in [0.15, 0.2) is 5.82 Å². The molecular formula is C24H32N6O5S. The minimum absolute atomic E-state index is 0.0133. The molecule has 1 saturated heterocycles. The molecule has 1 aliphatic heterocycles. The molecule has 1 N–H and O–H groups in total. The van der Waals surface area contributed by atoms with Crippen LogP contribution in [0, 0.1) is 12.8 Å². The summed E-state index contributed by atoms with van der Waals surface area (Å²) in [4.78, 5) is 8.62. The number of ether oxygens (including phenoxy) is 3. The van der Waals surface area contributed by atoms with Gasteiger partial charge in [0, 0.05) is 24.9 Å². The van der Waals surface area contributed by atoms with E-state index in [1.54, 1.807) is 49.0 Å². The maximum Gasteiger partial charge on any atom is 0.243 e. The van der Waals surface area contributed by atoms with Gasteiger partial charge in [0.05, 0.1) is 19.5 Å². The molecule has 3 heterocycles. The van der Waals surface area contributed by atoms with Crippen LogP contribution in [-0.2, 0) is 14.8 Å². The minimum atomic E-state index is -3.94. The predicted molar refractivity (Wildman–Crippen MR) is 134 cm³/mol. The Labute approximate surface area is 211 Å². The molecule has 36 heavy (non-hydrogen) atoms. The molecule has 0 spiro atoms. The van der Waals surface area contributed by atoms with Gasteiger partial charge in [-0.15, -0.1) is 10.2 Å². The van der Waals surface area contributed by atoms with Crippen molar-refractivity contribution in [1.29, 1.82) is 0 Å². The van der Waals surface area contributed by atoms with Crippen molar-refractivity contribution in [1.82, 2.24) is 24.7 Å². The summed E-state index contributed by atoms with van der Waals surface area (Å²) in [7, 11) is -0.872. The van der Waals surface area contributed by atoms with Gasteiger partial charge >= 0.3 is 0 Å². The van der Waals surface area contributed by atoms with Crippen LogP contribution in [0.25, 0.3) is 5.69 Å². The molecule has 1 aromatic carbocycles.